The van der Waals surface area contributed by atoms with Crippen LogP contribution in [0.15, 0.2) is 0 Å². The van der Waals surface area contributed by atoms with Crippen molar-refractivity contribution in [2.24, 2.45) is 0 Å². The molecule has 4 nitrogen and oxygen atoms in total. The molecular formula is C13H23N3OS2. The second-order valence-corrected chi connectivity index (χ2v) is 6.92. The van der Waals surface area contributed by atoms with Crippen LogP contribution in [-0.4, -0.2) is 43.2 Å². The van der Waals surface area contributed by atoms with Gasteiger partial charge in [-0.25, -0.2) is 4.98 Å². The van der Waals surface area contributed by atoms with E-state index in [1.54, 1.807) is 18.4 Å². The standard InChI is InChI=1S/C13H23N3OS2/c1-4-14-7-12-11(8-17-3)15-13(19-12)16(2)10-5-6-18-9-10/h10,14H,4-9H2,1-3H3. The first-order valence-corrected chi connectivity index (χ1v) is 8.72. The number of aromatic nitrogens is 1. The average Bonchev–Trinajstić information content (AvgIpc) is 3.06. The second kappa shape index (κ2) is 7.47. The third kappa shape index (κ3) is 3.84. The minimum atomic E-state index is 0.602. The third-order valence-electron chi connectivity index (χ3n) is 3.34. The van der Waals surface area contributed by atoms with Gasteiger partial charge in [0.25, 0.3) is 0 Å². The second-order valence-electron chi connectivity index (χ2n) is 4.71. The molecule has 0 radical (unpaired) electrons. The Kier molecular flexibility index (Phi) is 5.94. The predicted molar refractivity (Wildman–Crippen MR) is 84.3 cm³/mol. The summed E-state index contributed by atoms with van der Waals surface area (Å²) in [5, 5.41) is 4.51. The smallest absolute Gasteiger partial charge is 0.185 e. The van der Waals surface area contributed by atoms with Gasteiger partial charge in [-0.1, -0.05) is 6.92 Å². The number of nitrogens with zero attached hydrogens (tertiary/aromatic N) is 2. The molecule has 1 atom stereocenters. The molecule has 19 heavy (non-hydrogen) atoms. The monoisotopic (exact) mass is 301 g/mol. The van der Waals surface area contributed by atoms with Crippen LogP contribution < -0.4 is 10.2 Å². The molecule has 0 aromatic carbocycles. The topological polar surface area (TPSA) is 37.4 Å². The van der Waals surface area contributed by atoms with Crippen molar-refractivity contribution in [2.75, 3.05) is 37.1 Å². The maximum absolute atomic E-state index is 5.26. The normalized spacial score (nSPS) is 19.0. The molecule has 1 aromatic heterocycles. The summed E-state index contributed by atoms with van der Waals surface area (Å²) in [5.74, 6) is 2.49. The summed E-state index contributed by atoms with van der Waals surface area (Å²) in [4.78, 5) is 8.42. The lowest BCUT2D eigenvalue weighted by Crippen LogP contribution is -2.31. The molecule has 1 aromatic rings. The number of methoxy groups -OCH3 is 1. The number of anilines is 1. The van der Waals surface area contributed by atoms with Gasteiger partial charge < -0.3 is 15.0 Å². The van der Waals surface area contributed by atoms with Crippen molar-refractivity contribution in [2.45, 2.75) is 32.5 Å². The Morgan fingerprint density at radius 1 is 1.53 bits per heavy atom. The first-order chi connectivity index (χ1) is 9.26. The van der Waals surface area contributed by atoms with E-state index in [1.807, 2.05) is 11.8 Å². The van der Waals surface area contributed by atoms with Gasteiger partial charge in [-0.3, -0.25) is 0 Å². The number of ether oxygens (including phenoxy) is 1. The third-order valence-corrected chi connectivity index (χ3v) is 5.67. The van der Waals surface area contributed by atoms with Crippen molar-refractivity contribution in [3.05, 3.63) is 10.6 Å². The van der Waals surface area contributed by atoms with E-state index < -0.39 is 0 Å². The van der Waals surface area contributed by atoms with E-state index >= 15 is 0 Å². The molecule has 1 aliphatic rings. The Morgan fingerprint density at radius 2 is 2.37 bits per heavy atom. The van der Waals surface area contributed by atoms with E-state index in [0.29, 0.717) is 12.6 Å². The van der Waals surface area contributed by atoms with Crippen LogP contribution in [-0.2, 0) is 17.9 Å². The molecule has 1 N–H and O–H groups in total. The van der Waals surface area contributed by atoms with E-state index in [9.17, 15) is 0 Å². The molecule has 2 rings (SSSR count). The highest BCUT2D eigenvalue weighted by atomic mass is 32.2. The van der Waals surface area contributed by atoms with Crippen molar-refractivity contribution in [3.8, 4) is 0 Å². The van der Waals surface area contributed by atoms with Crippen molar-refractivity contribution >= 4 is 28.2 Å². The molecule has 108 valence electrons. The fraction of sp³-hybridized carbons (Fsp3) is 0.769. The molecule has 6 heteroatoms. The zero-order valence-corrected chi connectivity index (χ0v) is 13.6. The molecule has 0 spiro atoms. The maximum atomic E-state index is 5.26. The van der Waals surface area contributed by atoms with Gasteiger partial charge in [-0.05, 0) is 18.7 Å². The van der Waals surface area contributed by atoms with E-state index in [4.69, 9.17) is 9.72 Å². The van der Waals surface area contributed by atoms with Crippen LogP contribution in [0.5, 0.6) is 0 Å². The Morgan fingerprint density at radius 3 is 3.00 bits per heavy atom. The van der Waals surface area contributed by atoms with Gasteiger partial charge in [-0.2, -0.15) is 11.8 Å². The van der Waals surface area contributed by atoms with Crippen LogP contribution >= 0.6 is 23.1 Å². The van der Waals surface area contributed by atoms with Gasteiger partial charge >= 0.3 is 0 Å². The lowest BCUT2D eigenvalue weighted by molar-refractivity contribution is 0.181. The van der Waals surface area contributed by atoms with Gasteiger partial charge in [0.2, 0.25) is 0 Å². The summed E-state index contributed by atoms with van der Waals surface area (Å²) in [6.07, 6.45) is 1.27. The van der Waals surface area contributed by atoms with Gasteiger partial charge in [0, 0.05) is 37.4 Å². The summed E-state index contributed by atoms with van der Waals surface area (Å²) in [6, 6.07) is 0.638. The minimum Gasteiger partial charge on any atom is -0.378 e. The van der Waals surface area contributed by atoms with Crippen LogP contribution in [0.25, 0.3) is 0 Å². The molecular weight excluding hydrogens is 278 g/mol. The Labute approximate surface area is 123 Å². The number of rotatable bonds is 7. The van der Waals surface area contributed by atoms with Gasteiger partial charge in [0.15, 0.2) is 5.13 Å². The number of thiazole rings is 1. The van der Waals surface area contributed by atoms with Crippen LogP contribution in [0.3, 0.4) is 0 Å². The summed E-state index contributed by atoms with van der Waals surface area (Å²) >= 11 is 3.84. The summed E-state index contributed by atoms with van der Waals surface area (Å²) in [6.45, 7) is 4.60. The number of hydrogen-bond donors (Lipinski definition) is 1. The molecule has 0 amide bonds. The molecule has 0 bridgehead atoms. The largest absolute Gasteiger partial charge is 0.378 e. The molecule has 0 saturated carbocycles. The lowest BCUT2D eigenvalue weighted by Gasteiger charge is -2.22. The molecule has 1 unspecified atom stereocenters. The quantitative estimate of drug-likeness (QED) is 0.837. The number of thioether (sulfide) groups is 1. The highest BCUT2D eigenvalue weighted by Crippen LogP contribution is 2.31. The van der Waals surface area contributed by atoms with E-state index in [1.165, 1.54) is 22.8 Å². The summed E-state index contributed by atoms with van der Waals surface area (Å²) in [7, 11) is 3.90. The van der Waals surface area contributed by atoms with Crippen molar-refractivity contribution in [1.82, 2.24) is 10.3 Å². The maximum Gasteiger partial charge on any atom is 0.185 e. The van der Waals surface area contributed by atoms with Gasteiger partial charge in [-0.15, -0.1) is 11.3 Å². The van der Waals surface area contributed by atoms with Gasteiger partial charge in [0.1, 0.15) is 0 Å². The predicted octanol–water partition coefficient (Wildman–Crippen LogP) is 2.34. The Bertz CT molecular complexity index is 391. The summed E-state index contributed by atoms with van der Waals surface area (Å²) < 4.78 is 5.26. The van der Waals surface area contributed by atoms with Crippen LogP contribution in [0.4, 0.5) is 5.13 Å². The van der Waals surface area contributed by atoms with Crippen molar-refractivity contribution in [3.63, 3.8) is 0 Å². The van der Waals surface area contributed by atoms with E-state index in [2.05, 4.69) is 24.2 Å². The SMILES string of the molecule is CCNCc1sc(N(C)C2CCSC2)nc1COC. The van der Waals surface area contributed by atoms with Crippen LogP contribution in [0.1, 0.15) is 23.9 Å². The molecule has 0 aliphatic carbocycles. The zero-order chi connectivity index (χ0) is 13.7. The van der Waals surface area contributed by atoms with E-state index in [0.717, 1.165) is 23.9 Å². The number of hydrogen-bond acceptors (Lipinski definition) is 6. The first-order valence-electron chi connectivity index (χ1n) is 6.75. The molecule has 1 aliphatic heterocycles. The fourth-order valence-electron chi connectivity index (χ4n) is 2.13. The Balaban J connectivity index is 2.10. The van der Waals surface area contributed by atoms with Crippen molar-refractivity contribution < 1.29 is 4.74 Å². The molecule has 1 fully saturated rings. The van der Waals surface area contributed by atoms with Crippen LogP contribution in [0.2, 0.25) is 0 Å². The summed E-state index contributed by atoms with van der Waals surface area (Å²) in [5.41, 5.74) is 1.08. The number of nitrogens with one attached hydrogen (secondary N) is 1. The average molecular weight is 301 g/mol. The lowest BCUT2D eigenvalue weighted by atomic mass is 10.2. The van der Waals surface area contributed by atoms with Crippen LogP contribution in [0, 0.1) is 0 Å². The fourth-order valence-corrected chi connectivity index (χ4v) is 4.46. The first kappa shape index (κ1) is 15.1. The Hall–Kier alpha value is -0.300. The van der Waals surface area contributed by atoms with Gasteiger partial charge in [0.05, 0.1) is 12.3 Å². The van der Waals surface area contributed by atoms with Crippen molar-refractivity contribution in [1.29, 1.82) is 0 Å². The molecule has 1 saturated heterocycles. The van der Waals surface area contributed by atoms with E-state index in [-0.39, 0.29) is 0 Å². The highest BCUT2D eigenvalue weighted by molar-refractivity contribution is 7.99. The minimum absolute atomic E-state index is 0.602. The molecule has 2 heterocycles. The zero-order valence-electron chi connectivity index (χ0n) is 11.9. The highest BCUT2D eigenvalue weighted by Gasteiger charge is 2.23.